The maximum absolute atomic E-state index is 13.2. The summed E-state index contributed by atoms with van der Waals surface area (Å²) in [6.07, 6.45) is 0. The van der Waals surface area contributed by atoms with E-state index in [2.05, 4.69) is 0 Å². The smallest absolute Gasteiger partial charge is 0.200 e. The van der Waals surface area contributed by atoms with Crippen molar-refractivity contribution in [2.75, 3.05) is 6.61 Å². The molecule has 7 heteroatoms. The van der Waals surface area contributed by atoms with Gasteiger partial charge >= 0.3 is 0 Å². The van der Waals surface area contributed by atoms with E-state index in [0.717, 1.165) is 6.92 Å². The molecule has 90 valence electrons. The van der Waals surface area contributed by atoms with Gasteiger partial charge < -0.3 is 10.8 Å². The first-order valence-electron chi connectivity index (χ1n) is 4.15. The summed E-state index contributed by atoms with van der Waals surface area (Å²) in [7, 11) is 0. The monoisotopic (exact) mass is 241 g/mol. The molecule has 3 N–H and O–H groups in total. The van der Waals surface area contributed by atoms with Gasteiger partial charge in [-0.2, -0.15) is 0 Å². The van der Waals surface area contributed by atoms with Crippen LogP contribution in [-0.2, 0) is 5.54 Å². The molecule has 2 nitrogen and oxygen atoms in total. The molecule has 0 radical (unpaired) electrons. The lowest BCUT2D eigenvalue weighted by Crippen LogP contribution is -2.39. The third-order valence-corrected chi connectivity index (χ3v) is 2.11. The highest BCUT2D eigenvalue weighted by Crippen LogP contribution is 2.29. The van der Waals surface area contributed by atoms with E-state index in [9.17, 15) is 22.0 Å². The molecule has 0 bridgehead atoms. The van der Waals surface area contributed by atoms with Crippen LogP contribution in [0.25, 0.3) is 0 Å². The average molecular weight is 241 g/mol. The number of aliphatic hydroxyl groups excluding tert-OH is 1. The predicted molar refractivity (Wildman–Crippen MR) is 44.9 cm³/mol. The zero-order chi connectivity index (χ0) is 12.7. The van der Waals surface area contributed by atoms with E-state index in [1.807, 2.05) is 0 Å². The van der Waals surface area contributed by atoms with E-state index in [4.69, 9.17) is 10.8 Å². The molecule has 0 aromatic heterocycles. The first-order chi connectivity index (χ1) is 7.24. The van der Waals surface area contributed by atoms with Crippen molar-refractivity contribution in [1.82, 2.24) is 0 Å². The van der Waals surface area contributed by atoms with Crippen LogP contribution in [0.15, 0.2) is 0 Å². The molecule has 0 heterocycles. The Labute approximate surface area is 87.5 Å². The maximum Gasteiger partial charge on any atom is 0.200 e. The zero-order valence-corrected chi connectivity index (χ0v) is 8.12. The molecular weight excluding hydrogens is 233 g/mol. The van der Waals surface area contributed by atoms with E-state index in [-0.39, 0.29) is 0 Å². The van der Waals surface area contributed by atoms with Crippen molar-refractivity contribution in [2.45, 2.75) is 12.5 Å². The minimum atomic E-state index is -2.26. The molecule has 0 saturated carbocycles. The fraction of sp³-hybridized carbons (Fsp3) is 0.333. The average Bonchev–Trinajstić information content (AvgIpc) is 2.23. The number of benzene rings is 1. The van der Waals surface area contributed by atoms with Crippen LogP contribution in [0.5, 0.6) is 0 Å². The number of rotatable bonds is 2. The van der Waals surface area contributed by atoms with Crippen molar-refractivity contribution >= 4 is 0 Å². The van der Waals surface area contributed by atoms with Crippen molar-refractivity contribution in [3.63, 3.8) is 0 Å². The third kappa shape index (κ3) is 1.76. The van der Waals surface area contributed by atoms with Gasteiger partial charge in [-0.25, -0.2) is 22.0 Å². The van der Waals surface area contributed by atoms with Crippen LogP contribution in [0.4, 0.5) is 22.0 Å². The Hall–Kier alpha value is -1.21. The van der Waals surface area contributed by atoms with Gasteiger partial charge in [0.15, 0.2) is 23.3 Å². The van der Waals surface area contributed by atoms with Gasteiger partial charge in [-0.3, -0.25) is 0 Å². The SMILES string of the molecule is CC(N)(CO)c1c(F)c(F)c(F)c(F)c1F. The van der Waals surface area contributed by atoms with Crippen LogP contribution >= 0.6 is 0 Å². The second kappa shape index (κ2) is 3.99. The van der Waals surface area contributed by atoms with Gasteiger partial charge in [-0.1, -0.05) is 0 Å². The van der Waals surface area contributed by atoms with Crippen LogP contribution < -0.4 is 5.73 Å². The number of hydrogen-bond acceptors (Lipinski definition) is 2. The molecule has 1 unspecified atom stereocenters. The fourth-order valence-electron chi connectivity index (χ4n) is 1.19. The van der Waals surface area contributed by atoms with Gasteiger partial charge in [-0.05, 0) is 6.92 Å². The van der Waals surface area contributed by atoms with E-state index < -0.39 is 46.8 Å². The lowest BCUT2D eigenvalue weighted by atomic mass is 9.92. The normalized spacial score (nSPS) is 15.0. The van der Waals surface area contributed by atoms with Crippen molar-refractivity contribution < 1.29 is 27.1 Å². The number of nitrogens with two attached hydrogens (primary N) is 1. The second-order valence-electron chi connectivity index (χ2n) is 3.52. The Morgan fingerprint density at radius 2 is 1.25 bits per heavy atom. The highest BCUT2D eigenvalue weighted by atomic mass is 19.2. The highest BCUT2D eigenvalue weighted by Gasteiger charge is 2.34. The van der Waals surface area contributed by atoms with Gasteiger partial charge in [0.1, 0.15) is 0 Å². The molecule has 0 amide bonds. The molecule has 1 aromatic rings. The third-order valence-electron chi connectivity index (χ3n) is 2.11. The minimum Gasteiger partial charge on any atom is -0.394 e. The summed E-state index contributed by atoms with van der Waals surface area (Å²) in [5.74, 6) is -10.5. The summed E-state index contributed by atoms with van der Waals surface area (Å²) >= 11 is 0. The standard InChI is InChI=1S/C9H8F5NO/c1-9(15,2-16)3-4(10)6(12)8(14)7(13)5(3)11/h16H,2,15H2,1H3. The summed E-state index contributed by atoms with van der Waals surface area (Å²) < 4.78 is 64.5. The molecule has 0 saturated heterocycles. The Morgan fingerprint density at radius 1 is 0.938 bits per heavy atom. The Bertz CT molecular complexity index is 403. The van der Waals surface area contributed by atoms with Crippen molar-refractivity contribution in [1.29, 1.82) is 0 Å². The number of halogens is 5. The minimum absolute atomic E-state index is 0.950. The predicted octanol–water partition coefficient (Wildman–Crippen LogP) is 1.55. The molecule has 1 rings (SSSR count). The first-order valence-corrected chi connectivity index (χ1v) is 4.15. The van der Waals surface area contributed by atoms with Crippen molar-refractivity contribution in [3.8, 4) is 0 Å². The zero-order valence-electron chi connectivity index (χ0n) is 8.12. The van der Waals surface area contributed by atoms with Crippen LogP contribution in [0.2, 0.25) is 0 Å². The number of hydrogen-bond donors (Lipinski definition) is 2. The van der Waals surface area contributed by atoms with Crippen molar-refractivity contribution in [3.05, 3.63) is 34.6 Å². The van der Waals surface area contributed by atoms with Crippen LogP contribution in [0.3, 0.4) is 0 Å². The lowest BCUT2D eigenvalue weighted by Gasteiger charge is -2.23. The van der Waals surface area contributed by atoms with E-state index in [1.165, 1.54) is 0 Å². The molecule has 0 aliphatic carbocycles. The molecule has 0 aliphatic rings. The number of aliphatic hydroxyl groups is 1. The summed E-state index contributed by atoms with van der Waals surface area (Å²) in [5.41, 5.74) is 1.96. The molecule has 0 aliphatic heterocycles. The molecule has 0 fully saturated rings. The van der Waals surface area contributed by atoms with Crippen LogP contribution in [0.1, 0.15) is 12.5 Å². The quantitative estimate of drug-likeness (QED) is 0.468. The van der Waals surface area contributed by atoms with Gasteiger partial charge in [0.05, 0.1) is 17.7 Å². The molecular formula is C9H8F5NO. The van der Waals surface area contributed by atoms with Crippen LogP contribution in [-0.4, -0.2) is 11.7 Å². The highest BCUT2D eigenvalue weighted by molar-refractivity contribution is 5.30. The largest absolute Gasteiger partial charge is 0.394 e. The van der Waals surface area contributed by atoms with E-state index in [1.54, 1.807) is 0 Å². The molecule has 0 spiro atoms. The van der Waals surface area contributed by atoms with Crippen LogP contribution in [0, 0.1) is 29.1 Å². The molecule has 1 aromatic carbocycles. The van der Waals surface area contributed by atoms with Gasteiger partial charge in [-0.15, -0.1) is 0 Å². The Balaban J connectivity index is 3.65. The van der Waals surface area contributed by atoms with Gasteiger partial charge in [0.2, 0.25) is 5.82 Å². The van der Waals surface area contributed by atoms with E-state index >= 15 is 0 Å². The van der Waals surface area contributed by atoms with Gasteiger partial charge in [0.25, 0.3) is 0 Å². The summed E-state index contributed by atoms with van der Waals surface area (Å²) in [5, 5.41) is 8.75. The molecule has 1 atom stereocenters. The lowest BCUT2D eigenvalue weighted by molar-refractivity contribution is 0.198. The summed E-state index contributed by atoms with van der Waals surface area (Å²) in [4.78, 5) is 0. The first kappa shape index (κ1) is 12.9. The summed E-state index contributed by atoms with van der Waals surface area (Å²) in [6.45, 7) is -0.0172. The fourth-order valence-corrected chi connectivity index (χ4v) is 1.19. The second-order valence-corrected chi connectivity index (χ2v) is 3.52. The Morgan fingerprint density at radius 3 is 1.56 bits per heavy atom. The molecule has 16 heavy (non-hydrogen) atoms. The maximum atomic E-state index is 13.2. The van der Waals surface area contributed by atoms with Gasteiger partial charge in [0, 0.05) is 0 Å². The van der Waals surface area contributed by atoms with E-state index in [0.29, 0.717) is 0 Å². The Kier molecular flexibility index (Phi) is 3.20. The topological polar surface area (TPSA) is 46.2 Å². The summed E-state index contributed by atoms with van der Waals surface area (Å²) in [6, 6.07) is 0. The van der Waals surface area contributed by atoms with Crippen molar-refractivity contribution in [2.24, 2.45) is 5.73 Å².